The molecular weight excluding hydrogens is 436 g/mol. The van der Waals surface area contributed by atoms with Gasteiger partial charge in [0.1, 0.15) is 23.1 Å². The van der Waals surface area contributed by atoms with Crippen molar-refractivity contribution in [3.05, 3.63) is 58.0 Å². The van der Waals surface area contributed by atoms with E-state index in [1.54, 1.807) is 0 Å². The van der Waals surface area contributed by atoms with Gasteiger partial charge >= 0.3 is 0 Å². The maximum atomic E-state index is 14.5. The summed E-state index contributed by atoms with van der Waals surface area (Å²) in [7, 11) is 2.72. The van der Waals surface area contributed by atoms with E-state index in [1.165, 1.54) is 37.1 Å². The zero-order chi connectivity index (χ0) is 22.0. The summed E-state index contributed by atoms with van der Waals surface area (Å²) in [5.41, 5.74) is 5.11. The van der Waals surface area contributed by atoms with Crippen molar-refractivity contribution in [3.63, 3.8) is 0 Å². The molecule has 1 amide bonds. The molecule has 11 heteroatoms. The first kappa shape index (κ1) is 24.7. The maximum Gasteiger partial charge on any atom is 0.274 e. The molecule has 3 atom stereocenters. The minimum Gasteiger partial charge on any atom is -0.497 e. The zero-order valence-corrected chi connectivity index (χ0v) is 17.8. The monoisotopic (exact) mass is 459 g/mol. The fourth-order valence-electron chi connectivity index (χ4n) is 3.68. The van der Waals surface area contributed by atoms with Crippen LogP contribution < -0.4 is 20.9 Å². The van der Waals surface area contributed by atoms with Crippen LogP contribution in [-0.2, 0) is 9.53 Å². The van der Waals surface area contributed by atoms with Crippen molar-refractivity contribution in [1.82, 2.24) is 4.57 Å². The summed E-state index contributed by atoms with van der Waals surface area (Å²) < 4.78 is 40.2. The molecule has 0 spiro atoms. The highest BCUT2D eigenvalue weighted by molar-refractivity contribution is 6.00. The molecule has 0 bridgehead atoms. The number of amides is 1. The van der Waals surface area contributed by atoms with Crippen LogP contribution in [0.3, 0.4) is 0 Å². The van der Waals surface area contributed by atoms with E-state index in [-0.39, 0.29) is 49.2 Å². The number of carbonyl (C=O) groups excluding carboxylic acids is 1. The summed E-state index contributed by atoms with van der Waals surface area (Å²) in [4.78, 5) is 26.8. The number of rotatable bonds is 7. The van der Waals surface area contributed by atoms with Gasteiger partial charge in [0.25, 0.3) is 5.56 Å². The summed E-state index contributed by atoms with van der Waals surface area (Å²) in [6.07, 6.45) is 1.46. The van der Waals surface area contributed by atoms with Crippen LogP contribution in [0, 0.1) is 11.6 Å². The average molecular weight is 460 g/mol. The molecule has 1 aromatic heterocycles. The smallest absolute Gasteiger partial charge is 0.274 e. The lowest BCUT2D eigenvalue weighted by atomic mass is 9.93. The van der Waals surface area contributed by atoms with Gasteiger partial charge in [-0.3, -0.25) is 9.59 Å². The first-order valence-electron chi connectivity index (χ1n) is 9.24. The van der Waals surface area contributed by atoms with Crippen LogP contribution in [0.15, 0.2) is 35.3 Å². The van der Waals surface area contributed by atoms with Crippen LogP contribution in [0.4, 0.5) is 14.5 Å². The second-order valence-electron chi connectivity index (χ2n) is 6.98. The molecule has 0 saturated carbocycles. The van der Waals surface area contributed by atoms with Crippen LogP contribution >= 0.6 is 12.4 Å². The fourth-order valence-corrected chi connectivity index (χ4v) is 3.68. The van der Waals surface area contributed by atoms with E-state index < -0.39 is 41.1 Å². The van der Waals surface area contributed by atoms with Crippen molar-refractivity contribution < 1.29 is 28.2 Å². The highest BCUT2D eigenvalue weighted by Crippen LogP contribution is 2.34. The Labute approximate surface area is 183 Å². The number of halogens is 3. The normalized spacial score (nSPS) is 19.3. The van der Waals surface area contributed by atoms with E-state index >= 15 is 0 Å². The van der Waals surface area contributed by atoms with Gasteiger partial charge in [-0.1, -0.05) is 0 Å². The van der Waals surface area contributed by atoms with Crippen molar-refractivity contribution in [2.24, 2.45) is 5.73 Å². The van der Waals surface area contributed by atoms with Gasteiger partial charge in [-0.2, -0.15) is 0 Å². The number of nitrogens with two attached hydrogens (primary N) is 1. The standard InChI is InChI=1S/C20H23F2N3O5.ClH/c1-29-10-11(9-26)24-5-3-4-16(19(24)27)25-8-13(18(23)20(25)28)17-14(21)6-12(30-2)7-15(17)22;/h3-7,11,13,18,26H,8-10,23H2,1-2H3;1H/t11?,13-,18-;/m0./s1. The molecule has 31 heavy (non-hydrogen) atoms. The Morgan fingerprint density at radius 3 is 2.45 bits per heavy atom. The quantitative estimate of drug-likeness (QED) is 0.644. The van der Waals surface area contributed by atoms with E-state index in [2.05, 4.69) is 0 Å². The topological polar surface area (TPSA) is 107 Å². The van der Waals surface area contributed by atoms with Crippen molar-refractivity contribution >= 4 is 24.0 Å². The third-order valence-electron chi connectivity index (χ3n) is 5.23. The van der Waals surface area contributed by atoms with Gasteiger partial charge in [-0.05, 0) is 12.1 Å². The Morgan fingerprint density at radius 1 is 1.26 bits per heavy atom. The number of pyridine rings is 1. The SMILES string of the molecule is COCC(CO)n1cccc(N2C[C@@H](c3c(F)cc(OC)cc3F)[C@H](N)C2=O)c1=O.Cl. The van der Waals surface area contributed by atoms with Gasteiger partial charge in [0.15, 0.2) is 0 Å². The Hall–Kier alpha value is -2.53. The van der Waals surface area contributed by atoms with Gasteiger partial charge in [-0.25, -0.2) is 8.78 Å². The highest BCUT2D eigenvalue weighted by atomic mass is 35.5. The molecule has 1 saturated heterocycles. The number of ether oxygens (including phenoxy) is 2. The molecular formula is C20H24ClF2N3O5. The number of aliphatic hydroxyl groups excluding tert-OH is 1. The predicted octanol–water partition coefficient (Wildman–Crippen LogP) is 1.19. The second kappa shape index (κ2) is 10.2. The molecule has 2 aromatic rings. The zero-order valence-electron chi connectivity index (χ0n) is 17.0. The van der Waals surface area contributed by atoms with E-state index in [0.29, 0.717) is 0 Å². The van der Waals surface area contributed by atoms with Gasteiger partial charge < -0.3 is 29.8 Å². The van der Waals surface area contributed by atoms with Crippen LogP contribution in [0.1, 0.15) is 17.5 Å². The van der Waals surface area contributed by atoms with Gasteiger partial charge in [-0.15, -0.1) is 12.4 Å². The summed E-state index contributed by atoms with van der Waals surface area (Å²) in [5, 5.41) is 9.55. The summed E-state index contributed by atoms with van der Waals surface area (Å²) in [5.74, 6) is -3.39. The highest BCUT2D eigenvalue weighted by Gasteiger charge is 2.43. The maximum absolute atomic E-state index is 14.5. The first-order chi connectivity index (χ1) is 14.3. The number of hydrogen-bond donors (Lipinski definition) is 2. The number of nitrogens with zero attached hydrogens (tertiary/aromatic N) is 2. The second-order valence-corrected chi connectivity index (χ2v) is 6.98. The molecule has 3 N–H and O–H groups in total. The molecule has 0 aliphatic carbocycles. The molecule has 1 fully saturated rings. The van der Waals surface area contributed by atoms with Crippen molar-refractivity contribution in [2.45, 2.75) is 18.0 Å². The van der Waals surface area contributed by atoms with E-state index in [4.69, 9.17) is 15.2 Å². The molecule has 1 aliphatic rings. The number of hydrogen-bond acceptors (Lipinski definition) is 6. The van der Waals surface area contributed by atoms with Crippen LogP contribution in [0.2, 0.25) is 0 Å². The predicted molar refractivity (Wildman–Crippen MR) is 112 cm³/mol. The Kier molecular flexibility index (Phi) is 8.13. The number of aromatic nitrogens is 1. The Morgan fingerprint density at radius 2 is 1.90 bits per heavy atom. The largest absolute Gasteiger partial charge is 0.497 e. The molecule has 1 aromatic carbocycles. The molecule has 0 radical (unpaired) electrons. The van der Waals surface area contributed by atoms with Gasteiger partial charge in [0.2, 0.25) is 5.91 Å². The number of anilines is 1. The minimum absolute atomic E-state index is 0. The molecule has 3 rings (SSSR count). The summed E-state index contributed by atoms with van der Waals surface area (Å²) in [6.45, 7) is -0.443. The number of carbonyl (C=O) groups is 1. The lowest BCUT2D eigenvalue weighted by Crippen LogP contribution is -2.39. The summed E-state index contributed by atoms with van der Waals surface area (Å²) in [6, 6.07) is 3.11. The third kappa shape index (κ3) is 4.57. The Bertz CT molecular complexity index is 980. The molecule has 2 heterocycles. The third-order valence-corrected chi connectivity index (χ3v) is 5.23. The van der Waals surface area contributed by atoms with E-state index in [0.717, 1.165) is 17.0 Å². The van der Waals surface area contributed by atoms with Crippen molar-refractivity contribution in [2.75, 3.05) is 38.9 Å². The number of methoxy groups -OCH3 is 2. The molecule has 8 nitrogen and oxygen atoms in total. The van der Waals surface area contributed by atoms with Crippen LogP contribution in [0.5, 0.6) is 5.75 Å². The van der Waals surface area contributed by atoms with E-state index in [9.17, 15) is 23.5 Å². The molecule has 1 unspecified atom stereocenters. The van der Waals surface area contributed by atoms with Crippen molar-refractivity contribution in [3.8, 4) is 5.75 Å². The molecule has 1 aliphatic heterocycles. The fraction of sp³-hybridized carbons (Fsp3) is 0.400. The Balaban J connectivity index is 0.00000341. The summed E-state index contributed by atoms with van der Waals surface area (Å²) >= 11 is 0. The van der Waals surface area contributed by atoms with Crippen LogP contribution in [0.25, 0.3) is 0 Å². The molecule has 170 valence electrons. The first-order valence-corrected chi connectivity index (χ1v) is 9.24. The van der Waals surface area contributed by atoms with Crippen LogP contribution in [-0.4, -0.2) is 55.6 Å². The number of aliphatic hydroxyl groups is 1. The lowest BCUT2D eigenvalue weighted by molar-refractivity contribution is -0.118. The van der Waals surface area contributed by atoms with Gasteiger partial charge in [0.05, 0.1) is 32.4 Å². The van der Waals surface area contributed by atoms with Crippen molar-refractivity contribution in [1.29, 1.82) is 0 Å². The van der Waals surface area contributed by atoms with E-state index in [1.807, 2.05) is 0 Å². The average Bonchev–Trinajstić information content (AvgIpc) is 3.01. The van der Waals surface area contributed by atoms with Gasteiger partial charge in [0, 0.05) is 43.5 Å². The minimum atomic E-state index is -1.23. The lowest BCUT2D eigenvalue weighted by Gasteiger charge is -2.21. The number of benzene rings is 1.